The monoisotopic (exact) mass is 997 g/mol. The summed E-state index contributed by atoms with van der Waals surface area (Å²) in [7, 11) is 0. The number of benzene rings is 4. The van der Waals surface area contributed by atoms with Gasteiger partial charge in [-0.1, -0.05) is 72.8 Å². The fourth-order valence-electron chi connectivity index (χ4n) is 8.72. The van der Waals surface area contributed by atoms with Crippen molar-refractivity contribution < 1.29 is 43.2 Å². The van der Waals surface area contributed by atoms with Gasteiger partial charge in [-0.2, -0.15) is 0 Å². The van der Waals surface area contributed by atoms with Crippen molar-refractivity contribution in [2.24, 2.45) is 0 Å². The Balaban J connectivity index is 0.000000201. The van der Waals surface area contributed by atoms with Crippen LogP contribution in [0.1, 0.15) is 93.4 Å². The van der Waals surface area contributed by atoms with Gasteiger partial charge in [0, 0.05) is 86.5 Å². The third-order valence-corrected chi connectivity index (χ3v) is 12.4. The van der Waals surface area contributed by atoms with Crippen molar-refractivity contribution >= 4 is 35.2 Å². The normalized spacial score (nSPS) is 13.9. The summed E-state index contributed by atoms with van der Waals surface area (Å²) in [5, 5.41) is 12.4. The number of hydrogen-bond acceptors (Lipinski definition) is 11. The number of nitrogens with two attached hydrogens (primary N) is 1. The highest BCUT2D eigenvalue weighted by Crippen LogP contribution is 2.29. The molecule has 0 unspecified atom stereocenters. The molecule has 0 radical (unpaired) electrons. The zero-order valence-electron chi connectivity index (χ0n) is 43.2. The number of carboxylic acids is 1. The first-order valence-electron chi connectivity index (χ1n) is 25.2. The summed E-state index contributed by atoms with van der Waals surface area (Å²) in [5.74, 6) is -1.81. The van der Waals surface area contributed by atoms with Gasteiger partial charge in [-0.25, -0.2) is 14.4 Å². The molecule has 8 rings (SSSR count). The number of hydrogen-bond donors (Lipinski definition) is 3. The van der Waals surface area contributed by atoms with Gasteiger partial charge in [0.2, 0.25) is 0 Å². The molecule has 0 atom stereocenters. The number of carbonyl (C=O) groups excluding carboxylic acids is 3. The number of amides is 1. The molecule has 0 bridgehead atoms. The molecular formula is C58H72N6O9. The van der Waals surface area contributed by atoms with Crippen LogP contribution in [0.15, 0.2) is 121 Å². The van der Waals surface area contributed by atoms with Crippen LogP contribution in [0.25, 0.3) is 22.5 Å². The molecule has 0 spiro atoms. The van der Waals surface area contributed by atoms with Crippen molar-refractivity contribution in [3.8, 4) is 22.5 Å². The highest BCUT2D eigenvalue weighted by molar-refractivity contribution is 6.06. The van der Waals surface area contributed by atoms with E-state index in [0.717, 1.165) is 126 Å². The number of aromatic carboxylic acids is 1. The number of anilines is 2. The number of esters is 2. The van der Waals surface area contributed by atoms with Crippen LogP contribution in [0.5, 0.6) is 0 Å². The van der Waals surface area contributed by atoms with Crippen molar-refractivity contribution in [3.63, 3.8) is 0 Å². The number of ether oxygens (including phenoxy) is 4. The Bertz CT molecular complexity index is 2720. The topological polar surface area (TPSA) is 180 Å². The molecule has 2 aliphatic heterocycles. The summed E-state index contributed by atoms with van der Waals surface area (Å²) in [5.41, 5.74) is 14.4. The van der Waals surface area contributed by atoms with E-state index in [4.69, 9.17) is 24.7 Å². The van der Waals surface area contributed by atoms with Crippen LogP contribution in [0.4, 0.5) is 11.4 Å². The van der Waals surface area contributed by atoms with Crippen LogP contribution < -0.4 is 11.1 Å². The van der Waals surface area contributed by atoms with Crippen LogP contribution in [-0.2, 0) is 32.0 Å². The fourth-order valence-corrected chi connectivity index (χ4v) is 8.72. The third kappa shape index (κ3) is 16.5. The van der Waals surface area contributed by atoms with Gasteiger partial charge in [-0.15, -0.1) is 0 Å². The van der Waals surface area contributed by atoms with E-state index in [2.05, 4.69) is 36.4 Å². The molecule has 1 amide bonds. The van der Waals surface area contributed by atoms with Crippen molar-refractivity contribution in [2.75, 3.05) is 76.7 Å². The van der Waals surface area contributed by atoms with E-state index in [1.54, 1.807) is 54.6 Å². The molecule has 15 heteroatoms. The van der Waals surface area contributed by atoms with Crippen LogP contribution >= 0.6 is 0 Å². The first-order chi connectivity index (χ1) is 35.2. The summed E-state index contributed by atoms with van der Waals surface area (Å²) in [6.45, 7) is 21.9. The Kier molecular flexibility index (Phi) is 21.0. The van der Waals surface area contributed by atoms with Crippen LogP contribution in [-0.4, -0.2) is 126 Å². The van der Waals surface area contributed by atoms with Crippen molar-refractivity contribution in [2.45, 2.75) is 79.7 Å². The maximum atomic E-state index is 13.3. The number of nitrogen functional groups attached to an aromatic ring is 1. The number of rotatable bonds is 17. The van der Waals surface area contributed by atoms with E-state index in [9.17, 15) is 24.3 Å². The molecule has 4 aromatic carbocycles. The SMILES string of the molecule is CC(C)OC(=O)c1cccc(N)c1.Cc1c(C(=O)Nc2cccc(C(=O)OC(C)C)c2)cc(-c2ccccc2)n1CCCN1CCOCC1.Cc1c(C(=O)O)cc(-c2ccccc2)n1CCCN1CCOCC1. The van der Waals surface area contributed by atoms with Gasteiger partial charge in [-0.05, 0) is 114 Å². The van der Waals surface area contributed by atoms with Gasteiger partial charge < -0.3 is 44.2 Å². The highest BCUT2D eigenvalue weighted by Gasteiger charge is 2.21. The van der Waals surface area contributed by atoms with Crippen LogP contribution in [0, 0.1) is 13.8 Å². The Morgan fingerprint density at radius 1 is 0.575 bits per heavy atom. The molecule has 2 fully saturated rings. The number of morpholine rings is 2. The molecule has 388 valence electrons. The molecule has 0 saturated carbocycles. The Labute approximate surface area is 429 Å². The van der Waals surface area contributed by atoms with Gasteiger partial charge in [0.25, 0.3) is 5.91 Å². The first kappa shape index (κ1) is 55.3. The minimum Gasteiger partial charge on any atom is -0.478 e. The summed E-state index contributed by atoms with van der Waals surface area (Å²) in [6, 6.07) is 37.5. The van der Waals surface area contributed by atoms with Gasteiger partial charge in [-0.3, -0.25) is 14.6 Å². The van der Waals surface area contributed by atoms with E-state index in [1.165, 1.54) is 0 Å². The van der Waals surface area contributed by atoms with Crippen molar-refractivity contribution in [3.05, 3.63) is 155 Å². The number of aromatic nitrogens is 2. The summed E-state index contributed by atoms with van der Waals surface area (Å²) >= 11 is 0. The quantitative estimate of drug-likeness (QED) is 0.0583. The lowest BCUT2D eigenvalue weighted by Crippen LogP contribution is -2.37. The zero-order valence-corrected chi connectivity index (χ0v) is 43.2. The van der Waals surface area contributed by atoms with Crippen LogP contribution in [0.2, 0.25) is 0 Å². The molecular weight excluding hydrogens is 925 g/mol. The number of nitrogens with one attached hydrogen (secondary N) is 1. The van der Waals surface area contributed by atoms with Gasteiger partial charge in [0.05, 0.1) is 60.9 Å². The van der Waals surface area contributed by atoms with E-state index in [1.807, 2.05) is 96.1 Å². The van der Waals surface area contributed by atoms with Gasteiger partial charge >= 0.3 is 17.9 Å². The maximum absolute atomic E-state index is 13.3. The Morgan fingerprint density at radius 3 is 1.47 bits per heavy atom. The van der Waals surface area contributed by atoms with Gasteiger partial charge in [0.15, 0.2) is 0 Å². The standard InChI is InChI=1S/C29H35N3O4.C19H24N2O3.C10H13NO2/c1-21(2)36-29(34)24-11-7-12-25(19-24)30-28(33)26-20-27(23-9-5-4-6-10-23)32(22(26)3)14-8-13-31-15-17-35-18-16-31;1-15-17(19(22)23)14-18(16-6-3-2-4-7-16)21(15)9-5-8-20-10-12-24-13-11-20;1-7(2)13-10(12)8-4-3-5-9(11)6-8/h4-7,9-12,19-21H,8,13-18H2,1-3H3,(H,30,33);2-4,6-7,14H,5,8-13H2,1H3,(H,22,23);3-7H,11H2,1-2H3. The molecule has 4 heterocycles. The van der Waals surface area contributed by atoms with Crippen molar-refractivity contribution in [1.82, 2.24) is 18.9 Å². The summed E-state index contributed by atoms with van der Waals surface area (Å²) in [4.78, 5) is 53.3. The number of carboxylic acid groups (broad SMARTS) is 1. The predicted octanol–water partition coefficient (Wildman–Crippen LogP) is 9.72. The summed E-state index contributed by atoms with van der Waals surface area (Å²) in [6.07, 6.45) is 1.66. The zero-order chi connectivity index (χ0) is 52.3. The lowest BCUT2D eigenvalue weighted by atomic mass is 10.1. The molecule has 2 aromatic heterocycles. The molecule has 2 aliphatic rings. The molecule has 15 nitrogen and oxygen atoms in total. The van der Waals surface area contributed by atoms with Crippen LogP contribution in [0.3, 0.4) is 0 Å². The van der Waals surface area contributed by atoms with Gasteiger partial charge in [0.1, 0.15) is 0 Å². The average molecular weight is 997 g/mol. The minimum absolute atomic E-state index is 0.103. The second-order valence-corrected chi connectivity index (χ2v) is 18.6. The summed E-state index contributed by atoms with van der Waals surface area (Å²) < 4.78 is 25.5. The molecule has 73 heavy (non-hydrogen) atoms. The minimum atomic E-state index is -0.864. The van der Waals surface area contributed by atoms with E-state index in [0.29, 0.717) is 33.6 Å². The smallest absolute Gasteiger partial charge is 0.338 e. The molecule has 2 saturated heterocycles. The molecule has 6 aromatic rings. The Morgan fingerprint density at radius 2 is 1.01 bits per heavy atom. The Hall–Kier alpha value is -7.04. The second kappa shape index (κ2) is 27.7. The largest absolute Gasteiger partial charge is 0.478 e. The van der Waals surface area contributed by atoms with Crippen molar-refractivity contribution in [1.29, 1.82) is 0 Å². The van der Waals surface area contributed by atoms with E-state index in [-0.39, 0.29) is 24.1 Å². The molecule has 0 aliphatic carbocycles. The lowest BCUT2D eigenvalue weighted by Gasteiger charge is -2.26. The highest BCUT2D eigenvalue weighted by atomic mass is 16.5. The predicted molar refractivity (Wildman–Crippen MR) is 286 cm³/mol. The number of nitrogens with zero attached hydrogens (tertiary/aromatic N) is 4. The second-order valence-electron chi connectivity index (χ2n) is 18.6. The first-order valence-corrected chi connectivity index (χ1v) is 25.2. The number of carbonyl (C=O) groups is 4. The molecule has 4 N–H and O–H groups in total. The third-order valence-electron chi connectivity index (χ3n) is 12.4. The average Bonchev–Trinajstić information content (AvgIpc) is 3.90. The maximum Gasteiger partial charge on any atom is 0.338 e. The lowest BCUT2D eigenvalue weighted by molar-refractivity contribution is 0.0367. The fraction of sp³-hybridized carbons (Fsp3) is 0.379. The van der Waals surface area contributed by atoms with E-state index >= 15 is 0 Å². The van der Waals surface area contributed by atoms with E-state index < -0.39 is 11.9 Å².